The summed E-state index contributed by atoms with van der Waals surface area (Å²) < 4.78 is 27.1. The molecule has 1 heterocycles. The molecule has 0 fully saturated rings. The maximum absolute atomic E-state index is 12.2. The van der Waals surface area contributed by atoms with Gasteiger partial charge in [-0.2, -0.15) is 0 Å². The minimum absolute atomic E-state index is 0.0109. The number of nitrogens with one attached hydrogen (secondary N) is 2. The number of aromatic amines is 1. The molecule has 0 saturated carbocycles. The zero-order valence-electron chi connectivity index (χ0n) is 12.1. The van der Waals surface area contributed by atoms with Crippen molar-refractivity contribution >= 4 is 10.0 Å². The fourth-order valence-electron chi connectivity index (χ4n) is 2.35. The number of H-pyrrole nitrogens is 1. The Morgan fingerprint density at radius 2 is 1.74 bits per heavy atom. The molecule has 108 valence electrons. The van der Waals surface area contributed by atoms with Crippen molar-refractivity contribution in [1.29, 1.82) is 0 Å². The Labute approximate surface area is 114 Å². The molecule has 1 aromatic rings. The summed E-state index contributed by atoms with van der Waals surface area (Å²) in [7, 11) is -3.63. The summed E-state index contributed by atoms with van der Waals surface area (Å²) in [5.74, 6) is 0. The average Bonchev–Trinajstić information content (AvgIpc) is 2.11. The molecule has 0 amide bonds. The molecule has 0 radical (unpaired) electrons. The third kappa shape index (κ3) is 5.16. The maximum Gasteiger partial charge on any atom is 0.247 e. The van der Waals surface area contributed by atoms with Crippen LogP contribution in [0.2, 0.25) is 0 Å². The first-order valence-corrected chi connectivity index (χ1v) is 7.62. The minimum Gasteiger partial charge on any atom is -0.328 e. The standard InChI is InChI=1S/C13H22N2O3S/c1-12(2,3)9-13(4,5)15-19(17,18)10-6-7-11(16)14-8-10/h6-8,15H,9H2,1-5H3,(H,14,16). The van der Waals surface area contributed by atoms with Gasteiger partial charge in [-0.1, -0.05) is 20.8 Å². The third-order valence-electron chi connectivity index (χ3n) is 2.45. The van der Waals surface area contributed by atoms with Crippen molar-refractivity contribution in [3.63, 3.8) is 0 Å². The molecule has 0 bridgehead atoms. The molecule has 5 nitrogen and oxygen atoms in total. The van der Waals surface area contributed by atoms with E-state index >= 15 is 0 Å². The predicted octanol–water partition coefficient (Wildman–Crippen LogP) is 1.87. The Bertz CT molecular complexity index is 575. The van der Waals surface area contributed by atoms with E-state index in [-0.39, 0.29) is 15.9 Å². The highest BCUT2D eigenvalue weighted by molar-refractivity contribution is 7.89. The normalized spacial score (nSPS) is 13.5. The van der Waals surface area contributed by atoms with E-state index in [0.29, 0.717) is 6.42 Å². The minimum atomic E-state index is -3.63. The molecule has 0 atom stereocenters. The van der Waals surface area contributed by atoms with Crippen LogP contribution in [0, 0.1) is 5.41 Å². The van der Waals surface area contributed by atoms with Crippen molar-refractivity contribution in [2.75, 3.05) is 0 Å². The highest BCUT2D eigenvalue weighted by Gasteiger charge is 2.30. The van der Waals surface area contributed by atoms with Gasteiger partial charge in [-0.25, -0.2) is 13.1 Å². The van der Waals surface area contributed by atoms with Gasteiger partial charge in [-0.05, 0) is 31.7 Å². The van der Waals surface area contributed by atoms with Gasteiger partial charge in [0.15, 0.2) is 0 Å². The van der Waals surface area contributed by atoms with E-state index in [1.54, 1.807) is 0 Å². The van der Waals surface area contributed by atoms with Crippen LogP contribution in [0.4, 0.5) is 0 Å². The van der Waals surface area contributed by atoms with Crippen LogP contribution in [0.3, 0.4) is 0 Å². The predicted molar refractivity (Wildman–Crippen MR) is 75.5 cm³/mol. The van der Waals surface area contributed by atoms with Crippen molar-refractivity contribution in [3.05, 3.63) is 28.7 Å². The molecule has 1 aromatic heterocycles. The summed E-state index contributed by atoms with van der Waals surface area (Å²) in [5.41, 5.74) is -0.877. The third-order valence-corrected chi connectivity index (χ3v) is 4.14. The second-order valence-corrected chi connectivity index (χ2v) is 8.30. The van der Waals surface area contributed by atoms with Crippen molar-refractivity contribution in [3.8, 4) is 0 Å². The van der Waals surface area contributed by atoms with Gasteiger partial charge in [-0.3, -0.25) is 4.79 Å². The van der Waals surface area contributed by atoms with Crippen LogP contribution >= 0.6 is 0 Å². The van der Waals surface area contributed by atoms with Crippen molar-refractivity contribution < 1.29 is 8.42 Å². The summed E-state index contributed by atoms with van der Waals surface area (Å²) >= 11 is 0. The Morgan fingerprint density at radius 1 is 1.16 bits per heavy atom. The van der Waals surface area contributed by atoms with Gasteiger partial charge in [0.2, 0.25) is 15.6 Å². The van der Waals surface area contributed by atoms with Gasteiger partial charge in [0.25, 0.3) is 0 Å². The van der Waals surface area contributed by atoms with Gasteiger partial charge >= 0.3 is 0 Å². The summed E-state index contributed by atoms with van der Waals surface area (Å²) in [6.45, 7) is 9.87. The molecule has 0 aromatic carbocycles. The summed E-state index contributed by atoms with van der Waals surface area (Å²) in [5, 5.41) is 0. The van der Waals surface area contributed by atoms with Crippen molar-refractivity contribution in [2.24, 2.45) is 5.41 Å². The van der Waals surface area contributed by atoms with Crippen molar-refractivity contribution in [1.82, 2.24) is 9.71 Å². The van der Waals surface area contributed by atoms with E-state index in [2.05, 4.69) is 30.5 Å². The van der Waals surface area contributed by atoms with Crippen LogP contribution in [0.15, 0.2) is 28.0 Å². The number of sulfonamides is 1. The molecule has 1 rings (SSSR count). The first kappa shape index (κ1) is 15.9. The Balaban J connectivity index is 2.97. The number of hydrogen-bond donors (Lipinski definition) is 2. The van der Waals surface area contributed by atoms with E-state index in [1.165, 1.54) is 18.3 Å². The number of hydrogen-bond acceptors (Lipinski definition) is 3. The zero-order chi connectivity index (χ0) is 14.9. The lowest BCUT2D eigenvalue weighted by Gasteiger charge is -2.32. The molecular weight excluding hydrogens is 264 g/mol. The number of aromatic nitrogens is 1. The fraction of sp³-hybridized carbons (Fsp3) is 0.615. The van der Waals surface area contributed by atoms with E-state index in [4.69, 9.17) is 0 Å². The van der Waals surface area contributed by atoms with Crippen LogP contribution in [-0.2, 0) is 10.0 Å². The van der Waals surface area contributed by atoms with Crippen LogP contribution < -0.4 is 10.3 Å². The van der Waals surface area contributed by atoms with Gasteiger partial charge < -0.3 is 4.98 Å². The van der Waals surface area contributed by atoms with Crippen LogP contribution in [0.1, 0.15) is 41.0 Å². The second-order valence-electron chi connectivity index (χ2n) is 6.62. The highest BCUT2D eigenvalue weighted by atomic mass is 32.2. The Morgan fingerprint density at radius 3 is 2.16 bits per heavy atom. The molecule has 0 spiro atoms. The SMILES string of the molecule is CC(C)(C)CC(C)(C)NS(=O)(=O)c1ccc(=O)[nH]c1. The maximum atomic E-state index is 12.2. The largest absolute Gasteiger partial charge is 0.328 e. The van der Waals surface area contributed by atoms with E-state index in [0.717, 1.165) is 0 Å². The van der Waals surface area contributed by atoms with E-state index < -0.39 is 15.6 Å². The second kappa shape index (κ2) is 5.09. The topological polar surface area (TPSA) is 79.0 Å². The van der Waals surface area contributed by atoms with Crippen LogP contribution in [0.5, 0.6) is 0 Å². The molecule has 0 aliphatic rings. The van der Waals surface area contributed by atoms with Gasteiger partial charge in [0, 0.05) is 17.8 Å². The lowest BCUT2D eigenvalue weighted by Crippen LogP contribution is -2.45. The lowest BCUT2D eigenvalue weighted by atomic mass is 9.82. The Kier molecular flexibility index (Phi) is 4.27. The molecule has 0 unspecified atom stereocenters. The molecular formula is C13H22N2O3S. The van der Waals surface area contributed by atoms with Gasteiger partial charge in [0.1, 0.15) is 0 Å². The van der Waals surface area contributed by atoms with Crippen LogP contribution in [-0.4, -0.2) is 18.9 Å². The summed E-state index contributed by atoms with van der Waals surface area (Å²) in [6.07, 6.45) is 1.90. The molecule has 19 heavy (non-hydrogen) atoms. The fourth-order valence-corrected chi connectivity index (χ4v) is 3.73. The smallest absolute Gasteiger partial charge is 0.247 e. The molecule has 0 aliphatic heterocycles. The molecule has 0 saturated heterocycles. The molecule has 6 heteroatoms. The van der Waals surface area contributed by atoms with E-state index in [9.17, 15) is 13.2 Å². The molecule has 0 aliphatic carbocycles. The zero-order valence-corrected chi connectivity index (χ0v) is 12.9. The van der Waals surface area contributed by atoms with Crippen molar-refractivity contribution in [2.45, 2.75) is 51.5 Å². The lowest BCUT2D eigenvalue weighted by molar-refractivity contribution is 0.269. The summed E-state index contributed by atoms with van der Waals surface area (Å²) in [4.78, 5) is 13.4. The van der Waals surface area contributed by atoms with E-state index in [1.807, 2.05) is 13.8 Å². The summed E-state index contributed by atoms with van der Waals surface area (Å²) in [6, 6.07) is 2.50. The monoisotopic (exact) mass is 286 g/mol. The highest BCUT2D eigenvalue weighted by Crippen LogP contribution is 2.27. The average molecular weight is 286 g/mol. The number of pyridine rings is 1. The van der Waals surface area contributed by atoms with Crippen LogP contribution in [0.25, 0.3) is 0 Å². The molecule has 2 N–H and O–H groups in total. The van der Waals surface area contributed by atoms with Gasteiger partial charge in [0.05, 0.1) is 4.90 Å². The number of rotatable bonds is 4. The Hall–Kier alpha value is -1.14. The quantitative estimate of drug-likeness (QED) is 0.886. The first-order chi connectivity index (χ1) is 8.41. The van der Waals surface area contributed by atoms with Gasteiger partial charge in [-0.15, -0.1) is 0 Å². The first-order valence-electron chi connectivity index (χ1n) is 6.14.